The zero-order valence-corrected chi connectivity index (χ0v) is 20.8. The van der Waals surface area contributed by atoms with Crippen LogP contribution in [-0.2, 0) is 0 Å². The molecule has 5 aromatic rings. The van der Waals surface area contributed by atoms with Crippen molar-refractivity contribution in [1.29, 1.82) is 0 Å². The van der Waals surface area contributed by atoms with Gasteiger partial charge in [-0.2, -0.15) is 9.78 Å². The topological polar surface area (TPSA) is 78.8 Å². The summed E-state index contributed by atoms with van der Waals surface area (Å²) in [6.07, 6.45) is 2.48. The van der Waals surface area contributed by atoms with E-state index in [0.717, 1.165) is 11.8 Å². The monoisotopic (exact) mass is 501 g/mol. The Morgan fingerprint density at radius 3 is 2.69 bits per heavy atom. The molecule has 0 fully saturated rings. The van der Waals surface area contributed by atoms with E-state index in [1.807, 2.05) is 44.2 Å². The van der Waals surface area contributed by atoms with Gasteiger partial charge >= 0.3 is 0 Å². The summed E-state index contributed by atoms with van der Waals surface area (Å²) in [6, 6.07) is 19.8. The van der Waals surface area contributed by atoms with Crippen LogP contribution in [0.5, 0.6) is 11.5 Å². The summed E-state index contributed by atoms with van der Waals surface area (Å²) in [5, 5.41) is 6.18. The smallest absolute Gasteiger partial charge is 0.282 e. The number of hydrogen-bond acceptors (Lipinski definition) is 6. The number of furan rings is 1. The lowest BCUT2D eigenvalue weighted by atomic mass is 10.2. The number of rotatable bonds is 7. The molecule has 0 saturated carbocycles. The molecule has 0 aliphatic carbocycles. The van der Waals surface area contributed by atoms with Crippen LogP contribution in [0.15, 0.2) is 81.0 Å². The third kappa shape index (κ3) is 4.45. The largest absolute Gasteiger partial charge is 0.496 e. The Morgan fingerprint density at radius 2 is 1.92 bits per heavy atom. The number of benzene rings is 3. The van der Waals surface area contributed by atoms with Crippen molar-refractivity contribution in [2.45, 2.75) is 26.4 Å². The lowest BCUT2D eigenvalue weighted by Gasteiger charge is -2.14. The predicted molar refractivity (Wildman–Crippen MR) is 143 cm³/mol. The molecular weight excluding hydrogens is 478 g/mol. The molecule has 0 spiro atoms. The van der Waals surface area contributed by atoms with E-state index < -0.39 is 0 Å². The van der Waals surface area contributed by atoms with Crippen molar-refractivity contribution in [3.63, 3.8) is 0 Å². The van der Waals surface area contributed by atoms with Gasteiger partial charge in [0.25, 0.3) is 5.56 Å². The molecule has 182 valence electrons. The van der Waals surface area contributed by atoms with Gasteiger partial charge in [-0.1, -0.05) is 36.7 Å². The van der Waals surface area contributed by atoms with Crippen LogP contribution in [0.1, 0.15) is 25.8 Å². The van der Waals surface area contributed by atoms with Gasteiger partial charge in [0, 0.05) is 0 Å². The van der Waals surface area contributed by atoms with Crippen molar-refractivity contribution in [1.82, 2.24) is 9.66 Å². The maximum Gasteiger partial charge on any atom is 0.282 e. The summed E-state index contributed by atoms with van der Waals surface area (Å²) < 4.78 is 18.6. The number of aromatic nitrogens is 2. The van der Waals surface area contributed by atoms with Crippen LogP contribution in [0.25, 0.3) is 33.5 Å². The van der Waals surface area contributed by atoms with Gasteiger partial charge in [-0.05, 0) is 67.4 Å². The summed E-state index contributed by atoms with van der Waals surface area (Å²) in [6.45, 7) is 4.03. The molecule has 0 N–H and O–H groups in total. The SMILES string of the molecule is CC[C@@H](C)Oc1ccc(C=Nn2c(-c3cc4c(OC)cccc4o3)nc3ccccc3c2=O)cc1Cl. The predicted octanol–water partition coefficient (Wildman–Crippen LogP) is 6.53. The average molecular weight is 502 g/mol. The zero-order valence-electron chi connectivity index (χ0n) is 20.1. The minimum absolute atomic E-state index is 0.0502. The van der Waals surface area contributed by atoms with Crippen LogP contribution in [0.4, 0.5) is 0 Å². The maximum absolute atomic E-state index is 13.5. The number of halogens is 1. The Balaban J connectivity index is 1.62. The molecule has 2 heterocycles. The first-order valence-corrected chi connectivity index (χ1v) is 12.0. The highest BCUT2D eigenvalue weighted by molar-refractivity contribution is 6.32. The van der Waals surface area contributed by atoms with Crippen LogP contribution in [0.2, 0.25) is 5.02 Å². The molecule has 0 unspecified atom stereocenters. The van der Waals surface area contributed by atoms with E-state index in [1.165, 1.54) is 4.68 Å². The van der Waals surface area contributed by atoms with E-state index in [1.54, 1.807) is 49.7 Å². The summed E-state index contributed by atoms with van der Waals surface area (Å²) in [5.41, 5.74) is 1.55. The first kappa shape index (κ1) is 23.6. The normalized spacial score (nSPS) is 12.4. The van der Waals surface area contributed by atoms with E-state index in [0.29, 0.717) is 44.3 Å². The Morgan fingerprint density at radius 1 is 1.08 bits per heavy atom. The molecule has 0 aliphatic rings. The van der Waals surface area contributed by atoms with Crippen molar-refractivity contribution < 1.29 is 13.9 Å². The summed E-state index contributed by atoms with van der Waals surface area (Å²) >= 11 is 6.43. The highest BCUT2D eigenvalue weighted by Crippen LogP contribution is 2.33. The molecule has 8 heteroatoms. The molecule has 2 aromatic heterocycles. The van der Waals surface area contributed by atoms with E-state index in [9.17, 15) is 4.79 Å². The minimum Gasteiger partial charge on any atom is -0.496 e. The van der Waals surface area contributed by atoms with Crippen LogP contribution in [-0.4, -0.2) is 29.1 Å². The van der Waals surface area contributed by atoms with Gasteiger partial charge < -0.3 is 13.9 Å². The number of hydrogen-bond donors (Lipinski definition) is 0. The van der Waals surface area contributed by atoms with E-state index in [4.69, 9.17) is 30.5 Å². The van der Waals surface area contributed by atoms with Crippen molar-refractivity contribution in [3.05, 3.63) is 87.7 Å². The van der Waals surface area contributed by atoms with Crippen LogP contribution < -0.4 is 15.0 Å². The molecule has 0 bridgehead atoms. The molecule has 0 saturated heterocycles. The van der Waals surface area contributed by atoms with Crippen molar-refractivity contribution in [2.75, 3.05) is 7.11 Å². The minimum atomic E-state index is -0.318. The van der Waals surface area contributed by atoms with Gasteiger partial charge in [0.15, 0.2) is 5.76 Å². The third-order valence-electron chi connectivity index (χ3n) is 5.90. The van der Waals surface area contributed by atoms with Gasteiger partial charge in [0.05, 0.1) is 40.7 Å². The van der Waals surface area contributed by atoms with Crippen molar-refractivity contribution in [3.8, 4) is 23.1 Å². The summed E-state index contributed by atoms with van der Waals surface area (Å²) in [4.78, 5) is 18.2. The number of para-hydroxylation sites is 1. The van der Waals surface area contributed by atoms with Gasteiger partial charge in [-0.3, -0.25) is 4.79 Å². The van der Waals surface area contributed by atoms with Gasteiger partial charge in [-0.25, -0.2) is 4.98 Å². The maximum atomic E-state index is 13.5. The van der Waals surface area contributed by atoms with Crippen LogP contribution >= 0.6 is 11.6 Å². The Kier molecular flexibility index (Phi) is 6.48. The molecule has 7 nitrogen and oxygen atoms in total. The first-order valence-electron chi connectivity index (χ1n) is 11.6. The fourth-order valence-corrected chi connectivity index (χ4v) is 4.06. The molecule has 1 atom stereocenters. The second kappa shape index (κ2) is 9.87. The molecule has 0 radical (unpaired) electrons. The molecule has 5 rings (SSSR count). The second-order valence-corrected chi connectivity index (χ2v) is 8.73. The number of methoxy groups -OCH3 is 1. The van der Waals surface area contributed by atoms with Crippen LogP contribution in [0.3, 0.4) is 0 Å². The zero-order chi connectivity index (χ0) is 25.2. The highest BCUT2D eigenvalue weighted by atomic mass is 35.5. The Labute approximate surface area is 212 Å². The Bertz CT molecular complexity index is 1650. The van der Waals surface area contributed by atoms with E-state index in [-0.39, 0.29) is 17.5 Å². The van der Waals surface area contributed by atoms with Crippen molar-refractivity contribution in [2.24, 2.45) is 5.10 Å². The standard InChI is InChI=1S/C28H24ClN3O4/c1-4-17(2)35-25-13-12-18(14-21(25)29)16-30-32-27(31-22-9-6-5-8-19(22)28(32)33)26-15-20-23(34-3)10-7-11-24(20)36-26/h5-17H,4H2,1-3H3/t17-/m1/s1. The lowest BCUT2D eigenvalue weighted by Crippen LogP contribution is -2.20. The fourth-order valence-electron chi connectivity index (χ4n) is 3.83. The van der Waals surface area contributed by atoms with E-state index >= 15 is 0 Å². The molecule has 0 aliphatic heterocycles. The fraction of sp³-hybridized carbons (Fsp3) is 0.179. The second-order valence-electron chi connectivity index (χ2n) is 8.32. The Hall–Kier alpha value is -4.10. The summed E-state index contributed by atoms with van der Waals surface area (Å²) in [7, 11) is 1.60. The van der Waals surface area contributed by atoms with Gasteiger partial charge in [0.1, 0.15) is 17.1 Å². The molecule has 3 aromatic carbocycles. The van der Waals surface area contributed by atoms with Gasteiger partial charge in [0.2, 0.25) is 5.82 Å². The van der Waals surface area contributed by atoms with Crippen LogP contribution in [0, 0.1) is 0 Å². The van der Waals surface area contributed by atoms with Gasteiger partial charge in [-0.15, -0.1) is 0 Å². The molecular formula is C28H24ClN3O4. The number of nitrogens with zero attached hydrogens (tertiary/aromatic N) is 3. The highest BCUT2D eigenvalue weighted by Gasteiger charge is 2.18. The third-order valence-corrected chi connectivity index (χ3v) is 6.19. The van der Waals surface area contributed by atoms with E-state index in [2.05, 4.69) is 5.10 Å². The average Bonchev–Trinajstić information content (AvgIpc) is 3.34. The van der Waals surface area contributed by atoms with Crippen molar-refractivity contribution >= 4 is 39.7 Å². The molecule has 0 amide bonds. The quantitative estimate of drug-likeness (QED) is 0.237. The molecule has 36 heavy (non-hydrogen) atoms. The number of ether oxygens (including phenoxy) is 2. The summed E-state index contributed by atoms with van der Waals surface area (Å²) in [5.74, 6) is 1.93. The lowest BCUT2D eigenvalue weighted by molar-refractivity contribution is 0.217. The number of fused-ring (bicyclic) bond motifs is 2. The first-order chi connectivity index (χ1) is 17.5.